The summed E-state index contributed by atoms with van der Waals surface area (Å²) < 4.78 is 14.2. The van der Waals surface area contributed by atoms with Gasteiger partial charge in [-0.25, -0.2) is 4.39 Å². The van der Waals surface area contributed by atoms with Gasteiger partial charge in [0.25, 0.3) is 5.91 Å². The van der Waals surface area contributed by atoms with E-state index in [-0.39, 0.29) is 10.9 Å². The minimum atomic E-state index is -1.13. The average Bonchev–Trinajstić information content (AvgIpc) is 3.05. The van der Waals surface area contributed by atoms with Crippen molar-refractivity contribution >= 4 is 45.7 Å². The van der Waals surface area contributed by atoms with Crippen LogP contribution in [0.25, 0.3) is 10.9 Å². The monoisotopic (exact) mass is 403 g/mol. The third kappa shape index (κ3) is 2.22. The molecule has 3 heterocycles. The van der Waals surface area contributed by atoms with Gasteiger partial charge in [-0.2, -0.15) is 0 Å². The molecule has 0 aliphatic carbocycles. The second-order valence-electron chi connectivity index (χ2n) is 7.87. The Morgan fingerprint density at radius 3 is 2.70 bits per heavy atom. The molecule has 2 aliphatic rings. The largest absolute Gasteiger partial charge is 0.356 e. The molecule has 0 saturated heterocycles. The normalized spacial score (nSPS) is 22.8. The van der Waals surface area contributed by atoms with Crippen LogP contribution in [0.2, 0.25) is 10.0 Å². The molecule has 0 bridgehead atoms. The van der Waals surface area contributed by atoms with E-state index in [1.807, 2.05) is 13.8 Å². The van der Waals surface area contributed by atoms with E-state index in [2.05, 4.69) is 15.6 Å². The molecule has 4 nitrogen and oxygen atoms in total. The van der Waals surface area contributed by atoms with Gasteiger partial charge in [-0.1, -0.05) is 23.2 Å². The SMILES string of the molecule is CC1(C)Cc2c([nH]c3cc(Cl)c(F)cc23)[C@@]2(N1)C(=O)Nc1ccc(Cl)cc12. The minimum Gasteiger partial charge on any atom is -0.356 e. The van der Waals surface area contributed by atoms with Gasteiger partial charge in [-0.05, 0) is 56.2 Å². The number of carbonyl (C=O) groups excluding carboxylic acids is 1. The molecule has 1 amide bonds. The van der Waals surface area contributed by atoms with Crippen molar-refractivity contribution in [3.8, 4) is 0 Å². The Morgan fingerprint density at radius 2 is 1.93 bits per heavy atom. The van der Waals surface area contributed by atoms with Crippen LogP contribution in [0.5, 0.6) is 0 Å². The van der Waals surface area contributed by atoms with Crippen molar-refractivity contribution in [2.75, 3.05) is 5.32 Å². The van der Waals surface area contributed by atoms with Gasteiger partial charge >= 0.3 is 0 Å². The Bertz CT molecular complexity index is 1150. The molecule has 0 saturated carbocycles. The maximum absolute atomic E-state index is 14.2. The number of aromatic nitrogens is 1. The third-order valence-electron chi connectivity index (χ3n) is 5.44. The smallest absolute Gasteiger partial charge is 0.255 e. The van der Waals surface area contributed by atoms with Crippen molar-refractivity contribution in [3.05, 3.63) is 63.0 Å². The van der Waals surface area contributed by atoms with Crippen molar-refractivity contribution in [1.29, 1.82) is 0 Å². The number of amides is 1. The first kappa shape index (κ1) is 17.0. The predicted molar refractivity (Wildman–Crippen MR) is 105 cm³/mol. The molecule has 2 aliphatic heterocycles. The molecule has 138 valence electrons. The highest BCUT2D eigenvalue weighted by molar-refractivity contribution is 6.31. The first-order valence-corrected chi connectivity index (χ1v) is 9.38. The van der Waals surface area contributed by atoms with E-state index in [9.17, 15) is 9.18 Å². The van der Waals surface area contributed by atoms with Crippen LogP contribution in [0.1, 0.15) is 30.7 Å². The summed E-state index contributed by atoms with van der Waals surface area (Å²) in [5.41, 5.74) is 2.26. The first-order valence-electron chi connectivity index (χ1n) is 8.62. The van der Waals surface area contributed by atoms with Crippen LogP contribution in [-0.4, -0.2) is 16.4 Å². The number of halogens is 3. The number of benzene rings is 2. The zero-order valence-corrected chi connectivity index (χ0v) is 16.1. The third-order valence-corrected chi connectivity index (χ3v) is 5.97. The van der Waals surface area contributed by atoms with Crippen LogP contribution in [-0.2, 0) is 16.8 Å². The molecule has 0 unspecified atom stereocenters. The number of H-pyrrole nitrogens is 1. The summed E-state index contributed by atoms with van der Waals surface area (Å²) in [5.74, 6) is -0.664. The van der Waals surface area contributed by atoms with E-state index in [1.54, 1.807) is 24.3 Å². The molecule has 0 radical (unpaired) electrons. The van der Waals surface area contributed by atoms with Gasteiger partial charge < -0.3 is 10.3 Å². The second-order valence-corrected chi connectivity index (χ2v) is 8.71. The maximum Gasteiger partial charge on any atom is 0.255 e. The second kappa shape index (κ2) is 5.25. The van der Waals surface area contributed by atoms with Crippen molar-refractivity contribution < 1.29 is 9.18 Å². The molecule has 5 rings (SSSR count). The Balaban J connectivity index is 1.89. The van der Waals surface area contributed by atoms with Crippen LogP contribution in [0.4, 0.5) is 10.1 Å². The summed E-state index contributed by atoms with van der Waals surface area (Å²) in [7, 11) is 0. The van der Waals surface area contributed by atoms with Gasteiger partial charge in [-0.15, -0.1) is 0 Å². The lowest BCUT2D eigenvalue weighted by atomic mass is 9.76. The minimum absolute atomic E-state index is 0.0432. The Labute approximate surface area is 165 Å². The summed E-state index contributed by atoms with van der Waals surface area (Å²) in [4.78, 5) is 16.6. The predicted octanol–water partition coefficient (Wildman–Crippen LogP) is 4.73. The first-order chi connectivity index (χ1) is 12.7. The Kier molecular flexibility index (Phi) is 3.32. The number of carbonyl (C=O) groups is 1. The van der Waals surface area contributed by atoms with Gasteiger partial charge in [0, 0.05) is 32.7 Å². The number of hydrogen-bond donors (Lipinski definition) is 3. The summed E-state index contributed by atoms with van der Waals surface area (Å²) in [6, 6.07) is 8.35. The van der Waals surface area contributed by atoms with Crippen LogP contribution in [0.15, 0.2) is 30.3 Å². The number of anilines is 1. The van der Waals surface area contributed by atoms with Crippen molar-refractivity contribution in [2.45, 2.75) is 31.3 Å². The number of fused-ring (bicyclic) bond motifs is 6. The molecule has 1 spiro atoms. The van der Waals surface area contributed by atoms with E-state index in [0.29, 0.717) is 28.3 Å². The average molecular weight is 404 g/mol. The Morgan fingerprint density at radius 1 is 1.15 bits per heavy atom. The number of hydrogen-bond acceptors (Lipinski definition) is 2. The summed E-state index contributed by atoms with van der Waals surface area (Å²) in [6.45, 7) is 4.05. The van der Waals surface area contributed by atoms with E-state index in [1.165, 1.54) is 6.07 Å². The molecule has 27 heavy (non-hydrogen) atoms. The van der Waals surface area contributed by atoms with E-state index in [0.717, 1.165) is 16.5 Å². The molecule has 7 heteroatoms. The van der Waals surface area contributed by atoms with Crippen LogP contribution in [0.3, 0.4) is 0 Å². The lowest BCUT2D eigenvalue weighted by Crippen LogP contribution is -2.61. The zero-order chi connectivity index (χ0) is 19.1. The van der Waals surface area contributed by atoms with Crippen molar-refractivity contribution in [3.63, 3.8) is 0 Å². The summed E-state index contributed by atoms with van der Waals surface area (Å²) >= 11 is 12.2. The van der Waals surface area contributed by atoms with Crippen molar-refractivity contribution in [1.82, 2.24) is 10.3 Å². The molecule has 1 atom stereocenters. The zero-order valence-electron chi connectivity index (χ0n) is 14.6. The summed E-state index contributed by atoms with van der Waals surface area (Å²) in [6.07, 6.45) is 0.633. The number of aromatic amines is 1. The van der Waals surface area contributed by atoms with Crippen LogP contribution >= 0.6 is 23.2 Å². The quantitative estimate of drug-likeness (QED) is 0.507. The molecule has 2 aromatic carbocycles. The van der Waals surface area contributed by atoms with E-state index < -0.39 is 16.9 Å². The number of nitrogens with one attached hydrogen (secondary N) is 3. The highest BCUT2D eigenvalue weighted by atomic mass is 35.5. The Hall–Kier alpha value is -2.08. The molecular formula is C20H16Cl2FN3O. The lowest BCUT2D eigenvalue weighted by Gasteiger charge is -2.43. The van der Waals surface area contributed by atoms with Gasteiger partial charge in [0.2, 0.25) is 0 Å². The van der Waals surface area contributed by atoms with E-state index in [4.69, 9.17) is 23.2 Å². The fourth-order valence-corrected chi connectivity index (χ4v) is 4.79. The topological polar surface area (TPSA) is 56.9 Å². The van der Waals surface area contributed by atoms with Crippen LogP contribution in [0, 0.1) is 5.82 Å². The van der Waals surface area contributed by atoms with Crippen LogP contribution < -0.4 is 10.6 Å². The van der Waals surface area contributed by atoms with Gasteiger partial charge in [0.1, 0.15) is 5.82 Å². The van der Waals surface area contributed by atoms with E-state index >= 15 is 0 Å². The number of rotatable bonds is 0. The summed E-state index contributed by atoms with van der Waals surface area (Å²) in [5, 5.41) is 7.80. The standard InChI is InChI=1S/C20H16Cl2FN3O/c1-19(2)8-11-10-6-14(23)13(22)7-16(10)24-17(11)20(26-19)12-5-9(21)3-4-15(12)25-18(20)27/h3-7,24,26H,8H2,1-2H3,(H,25,27)/t20-/m1/s1. The molecule has 0 fully saturated rings. The molecular weight excluding hydrogens is 388 g/mol. The fraction of sp³-hybridized carbons (Fsp3) is 0.250. The van der Waals surface area contributed by atoms with Gasteiger partial charge in [-0.3, -0.25) is 10.1 Å². The highest BCUT2D eigenvalue weighted by Crippen LogP contribution is 2.48. The maximum atomic E-state index is 14.2. The fourth-order valence-electron chi connectivity index (χ4n) is 4.45. The molecule has 3 aromatic rings. The van der Waals surface area contributed by atoms with Gasteiger partial charge in [0.15, 0.2) is 5.54 Å². The lowest BCUT2D eigenvalue weighted by molar-refractivity contribution is -0.121. The van der Waals surface area contributed by atoms with Crippen molar-refractivity contribution in [2.24, 2.45) is 0 Å². The highest BCUT2D eigenvalue weighted by Gasteiger charge is 2.55. The molecule has 3 N–H and O–H groups in total. The molecule has 1 aromatic heterocycles. The van der Waals surface area contributed by atoms with Gasteiger partial charge in [0.05, 0.1) is 10.7 Å².